The van der Waals surface area contributed by atoms with Crippen molar-refractivity contribution < 1.29 is 0 Å². The van der Waals surface area contributed by atoms with Gasteiger partial charge in [-0.2, -0.15) is 0 Å². The molecule has 0 aliphatic rings. The predicted molar refractivity (Wildman–Crippen MR) is 58.3 cm³/mol. The van der Waals surface area contributed by atoms with Gasteiger partial charge in [-0.05, 0) is 24.0 Å². The van der Waals surface area contributed by atoms with Gasteiger partial charge in [0.2, 0.25) is 0 Å². The minimum Gasteiger partial charge on any atom is -0.244 e. The lowest BCUT2D eigenvalue weighted by Crippen LogP contribution is -1.91. The van der Waals surface area contributed by atoms with Crippen molar-refractivity contribution in [1.82, 2.24) is 4.98 Å². The summed E-state index contributed by atoms with van der Waals surface area (Å²) < 4.78 is 1.30. The number of nitrogens with zero attached hydrogens (tertiary/aromatic N) is 1. The molecule has 0 amide bonds. The molecule has 0 N–H and O–H groups in total. The lowest BCUT2D eigenvalue weighted by atomic mass is 9.98. The van der Waals surface area contributed by atoms with Crippen LogP contribution in [0.5, 0.6) is 0 Å². The summed E-state index contributed by atoms with van der Waals surface area (Å²) >= 11 is 1.72. The molecule has 0 aliphatic heterocycles. The predicted octanol–water partition coefficient (Wildman–Crippen LogP) is 3.81. The Kier molecular flexibility index (Phi) is 2.32. The van der Waals surface area contributed by atoms with Crippen molar-refractivity contribution in [2.45, 2.75) is 26.2 Å². The number of fused-ring (bicyclic) bond motifs is 1. The van der Waals surface area contributed by atoms with Gasteiger partial charge in [0, 0.05) is 0 Å². The van der Waals surface area contributed by atoms with E-state index in [1.807, 2.05) is 5.51 Å². The number of hydrogen-bond donors (Lipinski definition) is 0. The summed E-state index contributed by atoms with van der Waals surface area (Å²) in [5.41, 5.74) is 4.51. The zero-order valence-corrected chi connectivity index (χ0v) is 8.77. The van der Waals surface area contributed by atoms with Crippen molar-refractivity contribution in [3.63, 3.8) is 0 Å². The van der Waals surface area contributed by atoms with Crippen LogP contribution in [-0.4, -0.2) is 4.98 Å². The summed E-state index contributed by atoms with van der Waals surface area (Å²) in [6.45, 7) is 4.48. The van der Waals surface area contributed by atoms with Crippen LogP contribution in [-0.2, 0) is 0 Å². The lowest BCUT2D eigenvalue weighted by Gasteiger charge is -2.08. The van der Waals surface area contributed by atoms with Crippen LogP contribution in [0.4, 0.5) is 0 Å². The average Bonchev–Trinajstić information content (AvgIpc) is 2.63. The summed E-state index contributed by atoms with van der Waals surface area (Å²) in [7, 11) is 0. The molecule has 0 saturated heterocycles. The Bertz CT molecular complexity index is 405. The maximum absolute atomic E-state index is 4.41. The molecule has 0 saturated carbocycles. The fourth-order valence-electron chi connectivity index (χ4n) is 1.53. The molecule has 1 aromatic heterocycles. The third-order valence-electron chi connectivity index (χ3n) is 2.53. The molecule has 1 aromatic carbocycles. The number of aromatic nitrogens is 1. The monoisotopic (exact) mass is 191 g/mol. The molecule has 2 heteroatoms. The first-order chi connectivity index (χ1) is 6.33. The van der Waals surface area contributed by atoms with Crippen LogP contribution >= 0.6 is 11.3 Å². The molecular formula is C11H13NS. The molecule has 0 aliphatic carbocycles. The van der Waals surface area contributed by atoms with Crippen LogP contribution in [0, 0.1) is 0 Å². The number of hydrogen-bond acceptors (Lipinski definition) is 2. The Balaban J connectivity index is 2.60. The first-order valence-electron chi connectivity index (χ1n) is 4.65. The van der Waals surface area contributed by atoms with Crippen molar-refractivity contribution in [2.75, 3.05) is 0 Å². The Morgan fingerprint density at radius 2 is 2.31 bits per heavy atom. The van der Waals surface area contributed by atoms with E-state index in [-0.39, 0.29) is 0 Å². The molecule has 1 atom stereocenters. The van der Waals surface area contributed by atoms with Gasteiger partial charge in [0.15, 0.2) is 0 Å². The summed E-state index contributed by atoms with van der Waals surface area (Å²) in [4.78, 5) is 4.41. The van der Waals surface area contributed by atoms with Gasteiger partial charge in [0.1, 0.15) is 0 Å². The highest BCUT2D eigenvalue weighted by Gasteiger charge is 2.08. The largest absolute Gasteiger partial charge is 0.244 e. The standard InChI is InChI=1S/C11H13NS/c1-3-8(2)9-5-4-6-10-11(9)12-7-13-10/h4-8H,3H2,1-2H3. The molecule has 2 aromatic rings. The highest BCUT2D eigenvalue weighted by Crippen LogP contribution is 2.28. The molecule has 1 heterocycles. The highest BCUT2D eigenvalue weighted by molar-refractivity contribution is 7.16. The van der Waals surface area contributed by atoms with Gasteiger partial charge in [-0.3, -0.25) is 0 Å². The van der Waals surface area contributed by atoms with E-state index in [1.165, 1.54) is 22.2 Å². The topological polar surface area (TPSA) is 12.9 Å². The molecule has 0 spiro atoms. The molecule has 0 radical (unpaired) electrons. The summed E-state index contributed by atoms with van der Waals surface area (Å²) in [5, 5.41) is 0. The second-order valence-electron chi connectivity index (χ2n) is 3.36. The van der Waals surface area contributed by atoms with E-state index in [2.05, 4.69) is 37.0 Å². The van der Waals surface area contributed by atoms with Crippen LogP contribution in [0.3, 0.4) is 0 Å². The SMILES string of the molecule is CCC(C)c1cccc2scnc12. The Hall–Kier alpha value is -0.890. The second kappa shape index (κ2) is 3.46. The molecule has 0 fully saturated rings. The number of para-hydroxylation sites is 1. The van der Waals surface area contributed by atoms with Gasteiger partial charge in [-0.15, -0.1) is 11.3 Å². The molecule has 0 bridgehead atoms. The number of thiazole rings is 1. The zero-order valence-electron chi connectivity index (χ0n) is 7.95. The Labute approximate surface area is 82.4 Å². The lowest BCUT2D eigenvalue weighted by molar-refractivity contribution is 0.738. The van der Waals surface area contributed by atoms with Crippen LogP contribution < -0.4 is 0 Å². The minimum atomic E-state index is 0.616. The van der Waals surface area contributed by atoms with Crippen molar-refractivity contribution in [2.24, 2.45) is 0 Å². The number of rotatable bonds is 2. The molecule has 2 rings (SSSR count). The minimum absolute atomic E-state index is 0.616. The summed E-state index contributed by atoms with van der Waals surface area (Å²) in [6, 6.07) is 6.46. The highest BCUT2D eigenvalue weighted by atomic mass is 32.1. The van der Waals surface area contributed by atoms with Gasteiger partial charge >= 0.3 is 0 Å². The van der Waals surface area contributed by atoms with Gasteiger partial charge in [-0.25, -0.2) is 4.98 Å². The van der Waals surface area contributed by atoms with Crippen molar-refractivity contribution in [1.29, 1.82) is 0 Å². The molecular weight excluding hydrogens is 178 g/mol. The van der Waals surface area contributed by atoms with Crippen LogP contribution in [0.15, 0.2) is 23.7 Å². The van der Waals surface area contributed by atoms with Gasteiger partial charge in [-0.1, -0.05) is 26.0 Å². The first-order valence-corrected chi connectivity index (χ1v) is 5.53. The molecule has 68 valence electrons. The maximum Gasteiger partial charge on any atom is 0.0846 e. The third kappa shape index (κ3) is 1.46. The Morgan fingerprint density at radius 1 is 1.46 bits per heavy atom. The van der Waals surface area contributed by atoms with E-state index in [1.54, 1.807) is 11.3 Å². The quantitative estimate of drug-likeness (QED) is 0.703. The van der Waals surface area contributed by atoms with E-state index in [9.17, 15) is 0 Å². The van der Waals surface area contributed by atoms with Crippen LogP contribution in [0.1, 0.15) is 31.7 Å². The number of benzene rings is 1. The smallest absolute Gasteiger partial charge is 0.0846 e. The van der Waals surface area contributed by atoms with E-state index >= 15 is 0 Å². The van der Waals surface area contributed by atoms with E-state index in [0.717, 1.165) is 0 Å². The van der Waals surface area contributed by atoms with Gasteiger partial charge in [0.05, 0.1) is 15.7 Å². The van der Waals surface area contributed by atoms with E-state index in [4.69, 9.17) is 0 Å². The third-order valence-corrected chi connectivity index (χ3v) is 3.33. The van der Waals surface area contributed by atoms with Crippen molar-refractivity contribution in [3.05, 3.63) is 29.3 Å². The maximum atomic E-state index is 4.41. The van der Waals surface area contributed by atoms with Crippen LogP contribution in [0.25, 0.3) is 10.2 Å². The summed E-state index contributed by atoms with van der Waals surface area (Å²) in [5.74, 6) is 0.616. The fourth-order valence-corrected chi connectivity index (χ4v) is 2.24. The zero-order chi connectivity index (χ0) is 9.26. The van der Waals surface area contributed by atoms with Crippen molar-refractivity contribution in [3.8, 4) is 0 Å². The molecule has 1 unspecified atom stereocenters. The summed E-state index contributed by atoms with van der Waals surface area (Å²) in [6.07, 6.45) is 1.18. The van der Waals surface area contributed by atoms with E-state index in [0.29, 0.717) is 5.92 Å². The van der Waals surface area contributed by atoms with Gasteiger partial charge in [0.25, 0.3) is 0 Å². The first kappa shape index (κ1) is 8.70. The molecule has 13 heavy (non-hydrogen) atoms. The molecule has 1 nitrogen and oxygen atoms in total. The second-order valence-corrected chi connectivity index (χ2v) is 4.24. The van der Waals surface area contributed by atoms with Crippen molar-refractivity contribution >= 4 is 21.6 Å². The average molecular weight is 191 g/mol. The van der Waals surface area contributed by atoms with Gasteiger partial charge < -0.3 is 0 Å². The fraction of sp³-hybridized carbons (Fsp3) is 0.364. The van der Waals surface area contributed by atoms with E-state index < -0.39 is 0 Å². The normalized spacial score (nSPS) is 13.4. The Morgan fingerprint density at radius 3 is 3.08 bits per heavy atom. The van der Waals surface area contributed by atoms with Crippen LogP contribution in [0.2, 0.25) is 0 Å².